The summed E-state index contributed by atoms with van der Waals surface area (Å²) in [5, 5.41) is 26.0. The fourth-order valence-electron chi connectivity index (χ4n) is 3.13. The van der Waals surface area contributed by atoms with Crippen LogP contribution in [0, 0.1) is 11.3 Å². The Hall–Kier alpha value is -2.95. The molecule has 1 aliphatic rings. The number of hydrogen-bond acceptors (Lipinski definition) is 10. The molecular formula is C20H21ClN3O10P. The first kappa shape index (κ1) is 26.7. The third-order valence-corrected chi connectivity index (χ3v) is 6.44. The van der Waals surface area contributed by atoms with E-state index in [0.717, 1.165) is 23.9 Å². The van der Waals surface area contributed by atoms with Gasteiger partial charge in [0.05, 0.1) is 13.7 Å². The summed E-state index contributed by atoms with van der Waals surface area (Å²) in [6.07, 6.45) is -3.82. The zero-order chi connectivity index (χ0) is 25.6. The molecule has 0 aliphatic carbocycles. The molecule has 0 bridgehead atoms. The average molecular weight is 530 g/mol. The molecule has 188 valence electrons. The molecule has 3 rings (SSSR count). The standard InChI is InChI=1S/C20H21ClN3O10P/c1-31-16(26)11-22-35(30,34-13-5-3-2-4-6-13)32-12-14-17(27)20(29,8-9-21)18(33-14)24-10-7-15(25)23-19(24)28/h2-7,10,14,17-18,27,29H,11-12H2,1H3,(H,22,30)(H,23,25,28)/t14-,17-,18-,20-,35?/m1/s1. The van der Waals surface area contributed by atoms with Gasteiger partial charge in [-0.25, -0.2) is 14.4 Å². The van der Waals surface area contributed by atoms with Crippen LogP contribution in [-0.2, 0) is 23.4 Å². The van der Waals surface area contributed by atoms with Crippen LogP contribution in [0.25, 0.3) is 0 Å². The van der Waals surface area contributed by atoms with E-state index in [0.29, 0.717) is 0 Å². The normalized spacial score (nSPS) is 25.2. The highest BCUT2D eigenvalue weighted by atomic mass is 35.5. The number of methoxy groups -OCH3 is 1. The number of carbonyl (C=O) groups excluding carboxylic acids is 1. The first-order chi connectivity index (χ1) is 16.6. The lowest BCUT2D eigenvalue weighted by Crippen LogP contribution is -2.48. The van der Waals surface area contributed by atoms with Crippen LogP contribution in [0.1, 0.15) is 6.23 Å². The van der Waals surface area contributed by atoms with Gasteiger partial charge in [0.25, 0.3) is 5.56 Å². The van der Waals surface area contributed by atoms with Crippen LogP contribution in [0.2, 0.25) is 0 Å². The molecule has 1 unspecified atom stereocenters. The van der Waals surface area contributed by atoms with Gasteiger partial charge in [0, 0.05) is 17.6 Å². The number of H-pyrrole nitrogens is 1. The summed E-state index contributed by atoms with van der Waals surface area (Å²) in [4.78, 5) is 37.2. The predicted molar refractivity (Wildman–Crippen MR) is 120 cm³/mol. The second-order valence-electron chi connectivity index (χ2n) is 7.14. The molecule has 1 aliphatic heterocycles. The number of esters is 1. The summed E-state index contributed by atoms with van der Waals surface area (Å²) in [7, 11) is -3.12. The van der Waals surface area contributed by atoms with Gasteiger partial charge in [-0.05, 0) is 29.7 Å². The van der Waals surface area contributed by atoms with Crippen LogP contribution in [0.4, 0.5) is 0 Å². The first-order valence-corrected chi connectivity index (χ1v) is 11.9. The minimum atomic E-state index is -4.25. The highest BCUT2D eigenvalue weighted by Gasteiger charge is 2.56. The number of aromatic amines is 1. The lowest BCUT2D eigenvalue weighted by atomic mass is 9.95. The molecule has 35 heavy (non-hydrogen) atoms. The second kappa shape index (κ2) is 11.2. The van der Waals surface area contributed by atoms with Crippen molar-refractivity contribution in [1.29, 1.82) is 0 Å². The molecule has 4 N–H and O–H groups in total. The summed E-state index contributed by atoms with van der Waals surface area (Å²) in [5.41, 5.74) is -4.07. The Morgan fingerprint density at radius 2 is 2.06 bits per heavy atom. The Morgan fingerprint density at radius 1 is 1.34 bits per heavy atom. The topological polar surface area (TPSA) is 178 Å². The lowest BCUT2D eigenvalue weighted by Gasteiger charge is -2.26. The smallest absolute Gasteiger partial charge is 0.459 e. The second-order valence-corrected chi connectivity index (χ2v) is 9.08. The van der Waals surface area contributed by atoms with Gasteiger partial charge in [-0.3, -0.25) is 23.7 Å². The van der Waals surface area contributed by atoms with E-state index < -0.39 is 62.2 Å². The maximum Gasteiger partial charge on any atom is 0.459 e. The van der Waals surface area contributed by atoms with Gasteiger partial charge < -0.3 is 24.2 Å². The molecule has 2 heterocycles. The summed E-state index contributed by atoms with van der Waals surface area (Å²) in [5.74, 6) is 1.57. The van der Waals surface area contributed by atoms with E-state index >= 15 is 0 Å². The van der Waals surface area contributed by atoms with Crippen molar-refractivity contribution in [3.8, 4) is 17.0 Å². The number of aliphatic hydroxyl groups excluding tert-OH is 1. The molecule has 0 saturated carbocycles. The molecule has 15 heteroatoms. The summed E-state index contributed by atoms with van der Waals surface area (Å²) in [6.45, 7) is -1.19. The molecule has 1 aromatic heterocycles. The van der Waals surface area contributed by atoms with Crippen LogP contribution in [0.15, 0.2) is 52.2 Å². The number of halogens is 1. The fourth-order valence-corrected chi connectivity index (χ4v) is 4.56. The van der Waals surface area contributed by atoms with Crippen LogP contribution in [0.3, 0.4) is 0 Å². The number of aromatic nitrogens is 2. The van der Waals surface area contributed by atoms with E-state index in [-0.39, 0.29) is 5.75 Å². The Morgan fingerprint density at radius 3 is 2.69 bits per heavy atom. The monoisotopic (exact) mass is 529 g/mol. The van der Waals surface area contributed by atoms with Crippen molar-refractivity contribution in [2.24, 2.45) is 0 Å². The molecule has 1 saturated heterocycles. The number of para-hydroxylation sites is 1. The van der Waals surface area contributed by atoms with Gasteiger partial charge in [-0.2, -0.15) is 0 Å². The molecule has 5 atom stereocenters. The molecule has 13 nitrogen and oxygen atoms in total. The number of nitrogens with zero attached hydrogens (tertiary/aromatic N) is 1. The minimum absolute atomic E-state index is 0.142. The Bertz CT molecular complexity index is 1270. The highest BCUT2D eigenvalue weighted by molar-refractivity contribution is 7.52. The lowest BCUT2D eigenvalue weighted by molar-refractivity contribution is -0.139. The molecular weight excluding hydrogens is 509 g/mol. The van der Waals surface area contributed by atoms with E-state index in [1.165, 1.54) is 12.1 Å². The Labute approximate surface area is 203 Å². The van der Waals surface area contributed by atoms with E-state index in [1.54, 1.807) is 18.2 Å². The molecule has 0 radical (unpaired) electrons. The maximum atomic E-state index is 13.3. The minimum Gasteiger partial charge on any atom is -0.468 e. The first-order valence-electron chi connectivity index (χ1n) is 9.93. The average Bonchev–Trinajstić information content (AvgIpc) is 3.07. The van der Waals surface area contributed by atoms with Crippen molar-refractivity contribution in [2.75, 3.05) is 20.3 Å². The van der Waals surface area contributed by atoms with Crippen molar-refractivity contribution < 1.29 is 38.1 Å². The molecule has 0 spiro atoms. The van der Waals surface area contributed by atoms with Crippen molar-refractivity contribution in [3.05, 3.63) is 63.4 Å². The van der Waals surface area contributed by atoms with Crippen molar-refractivity contribution in [2.45, 2.75) is 24.0 Å². The van der Waals surface area contributed by atoms with E-state index in [9.17, 15) is 29.2 Å². The number of benzene rings is 1. The quantitative estimate of drug-likeness (QED) is 0.190. The summed E-state index contributed by atoms with van der Waals surface area (Å²) in [6, 6.07) is 8.89. The fraction of sp³-hybridized carbons (Fsp3) is 0.350. The van der Waals surface area contributed by atoms with Gasteiger partial charge in [0.1, 0.15) is 24.5 Å². The van der Waals surface area contributed by atoms with Crippen molar-refractivity contribution in [3.63, 3.8) is 0 Å². The van der Waals surface area contributed by atoms with Gasteiger partial charge in [0.2, 0.25) is 5.60 Å². The zero-order valence-electron chi connectivity index (χ0n) is 18.1. The number of hydrogen-bond donors (Lipinski definition) is 4. The van der Waals surface area contributed by atoms with Crippen LogP contribution in [0.5, 0.6) is 5.75 Å². The van der Waals surface area contributed by atoms with Crippen LogP contribution < -0.4 is 20.9 Å². The summed E-state index contributed by atoms with van der Waals surface area (Å²) < 4.78 is 35.0. The van der Waals surface area contributed by atoms with Gasteiger partial charge in [-0.1, -0.05) is 18.2 Å². The number of nitrogens with one attached hydrogen (secondary N) is 2. The largest absolute Gasteiger partial charge is 0.468 e. The van der Waals surface area contributed by atoms with Gasteiger partial charge >= 0.3 is 19.4 Å². The third-order valence-electron chi connectivity index (χ3n) is 4.86. The molecule has 2 aromatic rings. The number of aliphatic hydroxyl groups is 2. The third kappa shape index (κ3) is 6.19. The van der Waals surface area contributed by atoms with Crippen molar-refractivity contribution >= 4 is 25.3 Å². The van der Waals surface area contributed by atoms with E-state index in [1.807, 2.05) is 10.4 Å². The number of carbonyl (C=O) groups is 1. The number of rotatable bonds is 9. The van der Waals surface area contributed by atoms with Crippen molar-refractivity contribution in [1.82, 2.24) is 14.6 Å². The van der Waals surface area contributed by atoms with E-state index in [2.05, 4.69) is 15.7 Å². The van der Waals surface area contributed by atoms with Crippen LogP contribution >= 0.6 is 19.3 Å². The Balaban J connectivity index is 1.85. The zero-order valence-corrected chi connectivity index (χ0v) is 19.8. The van der Waals surface area contributed by atoms with E-state index in [4.69, 9.17) is 25.4 Å². The maximum absolute atomic E-state index is 13.3. The predicted octanol–water partition coefficient (Wildman–Crippen LogP) is -0.308. The number of ether oxygens (including phenoxy) is 2. The van der Waals surface area contributed by atoms with Crippen LogP contribution in [-0.4, -0.2) is 63.8 Å². The SMILES string of the molecule is COC(=O)CNP(=O)(OC[C@H]1O[C@@H](n2ccc(=O)[nH]c2=O)[C@@](O)(C#CCl)[C@@H]1O)Oc1ccccc1. The summed E-state index contributed by atoms with van der Waals surface area (Å²) >= 11 is 5.44. The molecule has 1 aromatic carbocycles. The van der Waals surface area contributed by atoms with Gasteiger partial charge in [-0.15, -0.1) is 0 Å². The molecule has 1 fully saturated rings. The molecule has 0 amide bonds. The highest BCUT2D eigenvalue weighted by Crippen LogP contribution is 2.46. The van der Waals surface area contributed by atoms with Gasteiger partial charge in [0.15, 0.2) is 6.23 Å². The Kier molecular flexibility index (Phi) is 8.52.